The molecule has 0 saturated heterocycles. The molecular weight excluding hydrogens is 481 g/mol. The zero-order valence-corrected chi connectivity index (χ0v) is 19.6. The summed E-state index contributed by atoms with van der Waals surface area (Å²) in [6, 6.07) is 0. The third kappa shape index (κ3) is 3.68. The van der Waals surface area contributed by atoms with Crippen molar-refractivity contribution in [3.05, 3.63) is 34.6 Å². The van der Waals surface area contributed by atoms with Crippen LogP contribution in [0.25, 0.3) is 0 Å². The first-order valence-electron chi connectivity index (χ1n) is 11.7. The molecule has 0 bridgehead atoms. The van der Waals surface area contributed by atoms with E-state index in [0.29, 0.717) is 18.4 Å². The fourth-order valence-electron chi connectivity index (χ4n) is 6.54. The maximum absolute atomic E-state index is 13.7. The van der Waals surface area contributed by atoms with E-state index in [9.17, 15) is 40.3 Å². The first kappa shape index (κ1) is 25.9. The van der Waals surface area contributed by atoms with Gasteiger partial charge in [0.25, 0.3) is 0 Å². The largest absolute Gasteiger partial charge is 0.460 e. The quantitative estimate of drug-likeness (QED) is 0.231. The minimum absolute atomic E-state index is 0.0481. The lowest BCUT2D eigenvalue weighted by Gasteiger charge is -2.51. The van der Waals surface area contributed by atoms with E-state index in [1.54, 1.807) is 6.92 Å². The van der Waals surface area contributed by atoms with Crippen molar-refractivity contribution >= 4 is 11.8 Å². The van der Waals surface area contributed by atoms with Gasteiger partial charge in [0.05, 0.1) is 0 Å². The summed E-state index contributed by atoms with van der Waals surface area (Å²) in [6.07, 6.45) is 0.784. The molecule has 0 amide bonds. The molecule has 0 heterocycles. The maximum atomic E-state index is 13.7. The Kier molecular flexibility index (Phi) is 5.88. The number of carbonyl (C=O) groups excluding carboxylic acids is 2. The van der Waals surface area contributed by atoms with Crippen molar-refractivity contribution in [3.8, 4) is 0 Å². The molecule has 4 aliphatic carbocycles. The van der Waals surface area contributed by atoms with Crippen molar-refractivity contribution in [3.63, 3.8) is 0 Å². The molecule has 4 rings (SSSR count). The van der Waals surface area contributed by atoms with Gasteiger partial charge in [0.1, 0.15) is 11.5 Å². The van der Waals surface area contributed by atoms with Crippen LogP contribution in [0.2, 0.25) is 0 Å². The van der Waals surface area contributed by atoms with Gasteiger partial charge in [-0.2, -0.15) is 30.7 Å². The normalized spacial score (nSPS) is 33.3. The molecule has 0 aromatic heterocycles. The summed E-state index contributed by atoms with van der Waals surface area (Å²) in [5, 5.41) is 0. The molecule has 3 nitrogen and oxygen atoms in total. The zero-order chi connectivity index (χ0) is 26.2. The number of carbonyl (C=O) groups is 2. The molecule has 4 atom stereocenters. The molecule has 0 N–H and O–H groups in total. The van der Waals surface area contributed by atoms with Gasteiger partial charge in [-0.3, -0.25) is 4.79 Å². The number of alkyl halides is 7. The summed E-state index contributed by atoms with van der Waals surface area (Å²) in [7, 11) is 0. The molecule has 0 radical (unpaired) electrons. The highest BCUT2D eigenvalue weighted by Crippen LogP contribution is 2.62. The second kappa shape index (κ2) is 7.93. The van der Waals surface area contributed by atoms with Crippen LogP contribution < -0.4 is 0 Å². The van der Waals surface area contributed by atoms with Crippen LogP contribution in [0.15, 0.2) is 34.6 Å². The van der Waals surface area contributed by atoms with Crippen LogP contribution in [0.4, 0.5) is 30.7 Å². The fraction of sp³-hybridized carbons (Fsp3) is 0.680. The van der Waals surface area contributed by atoms with E-state index in [2.05, 4.69) is 4.74 Å². The van der Waals surface area contributed by atoms with Gasteiger partial charge < -0.3 is 4.74 Å². The molecular formula is C25H27F7O3. The number of rotatable bonds is 4. The van der Waals surface area contributed by atoms with Gasteiger partial charge in [-0.1, -0.05) is 24.1 Å². The molecule has 194 valence electrons. The minimum Gasteiger partial charge on any atom is -0.426 e. The number of esters is 1. The zero-order valence-electron chi connectivity index (χ0n) is 19.6. The van der Waals surface area contributed by atoms with E-state index in [0.717, 1.165) is 25.7 Å². The molecule has 10 heteroatoms. The highest BCUT2D eigenvalue weighted by molar-refractivity contribution is 5.86. The molecule has 0 unspecified atom stereocenters. The SMILES string of the molecule is CC(=O)[C@]1(C)CCC2=C1CC[C@H]1[C@H]2CC=C2C=C(OC(=O)C(F)(F)C(F)(F)C(F)(F)F)CC[C@@]21C. The van der Waals surface area contributed by atoms with E-state index in [4.69, 9.17) is 0 Å². The summed E-state index contributed by atoms with van der Waals surface area (Å²) in [5.41, 5.74) is 2.40. The summed E-state index contributed by atoms with van der Waals surface area (Å²) in [4.78, 5) is 24.0. The topological polar surface area (TPSA) is 43.4 Å². The van der Waals surface area contributed by atoms with Crippen LogP contribution in [0.5, 0.6) is 0 Å². The summed E-state index contributed by atoms with van der Waals surface area (Å²) < 4.78 is 95.4. The molecule has 4 aliphatic rings. The number of Topliss-reactive ketones (excluding diaryl/α,β-unsaturated/α-hetero) is 1. The first-order chi connectivity index (χ1) is 16.0. The average molecular weight is 508 g/mol. The Morgan fingerprint density at radius 3 is 2.26 bits per heavy atom. The van der Waals surface area contributed by atoms with Crippen LogP contribution in [0.1, 0.15) is 65.7 Å². The first-order valence-corrected chi connectivity index (χ1v) is 11.7. The van der Waals surface area contributed by atoms with Crippen LogP contribution in [-0.2, 0) is 14.3 Å². The van der Waals surface area contributed by atoms with Crippen molar-refractivity contribution in [2.24, 2.45) is 22.7 Å². The van der Waals surface area contributed by atoms with E-state index < -0.39 is 34.8 Å². The third-order valence-electron chi connectivity index (χ3n) is 8.87. The summed E-state index contributed by atoms with van der Waals surface area (Å²) >= 11 is 0. The monoisotopic (exact) mass is 508 g/mol. The van der Waals surface area contributed by atoms with Gasteiger partial charge in [0, 0.05) is 11.8 Å². The van der Waals surface area contributed by atoms with E-state index in [1.165, 1.54) is 17.2 Å². The Morgan fingerprint density at radius 1 is 1.00 bits per heavy atom. The molecule has 0 spiro atoms. The second-order valence-electron chi connectivity index (χ2n) is 10.6. The fourth-order valence-corrected chi connectivity index (χ4v) is 6.54. The average Bonchev–Trinajstić information content (AvgIpc) is 3.11. The maximum Gasteiger partial charge on any atom is 0.460 e. The molecule has 0 fully saturated rings. The number of hydrogen-bond acceptors (Lipinski definition) is 3. The predicted octanol–water partition coefficient (Wildman–Crippen LogP) is 7.09. The molecule has 35 heavy (non-hydrogen) atoms. The van der Waals surface area contributed by atoms with Crippen molar-refractivity contribution in [2.45, 2.75) is 83.7 Å². The number of hydrogen-bond donors (Lipinski definition) is 0. The number of ketones is 1. The number of halogens is 7. The Morgan fingerprint density at radius 2 is 1.66 bits per heavy atom. The molecule has 0 aromatic rings. The number of fused-ring (bicyclic) bond motifs is 4. The lowest BCUT2D eigenvalue weighted by Crippen LogP contribution is -2.56. The summed E-state index contributed by atoms with van der Waals surface area (Å²) in [6.45, 7) is 5.62. The number of allylic oxidation sites excluding steroid dienone is 6. The van der Waals surface area contributed by atoms with Gasteiger partial charge in [-0.15, -0.1) is 0 Å². The van der Waals surface area contributed by atoms with E-state index in [-0.39, 0.29) is 29.8 Å². The standard InChI is InChI=1S/C25H27F7O3/c1-13(33)21(2)11-9-17-16-5-4-14-12-15(8-10-22(14,3)19(16)7-6-18(17)21)35-20(34)23(26,27)24(28,29)25(30,31)32/h4,12,16,19H,5-11H2,1-3H3/t16-,19-,21-,22-/m0/s1. The summed E-state index contributed by atoms with van der Waals surface area (Å²) in [5.74, 6) is -15.3. The third-order valence-corrected chi connectivity index (χ3v) is 8.87. The van der Waals surface area contributed by atoms with Crippen molar-refractivity contribution < 1.29 is 45.1 Å². The van der Waals surface area contributed by atoms with E-state index in [1.807, 2.05) is 19.9 Å². The van der Waals surface area contributed by atoms with Crippen LogP contribution in [-0.4, -0.2) is 29.8 Å². The van der Waals surface area contributed by atoms with Crippen LogP contribution in [0, 0.1) is 22.7 Å². The highest BCUT2D eigenvalue weighted by atomic mass is 19.4. The van der Waals surface area contributed by atoms with Gasteiger partial charge in [0.15, 0.2) is 0 Å². The van der Waals surface area contributed by atoms with E-state index >= 15 is 0 Å². The van der Waals surface area contributed by atoms with Gasteiger partial charge >= 0.3 is 24.0 Å². The predicted molar refractivity (Wildman–Crippen MR) is 111 cm³/mol. The van der Waals surface area contributed by atoms with Crippen molar-refractivity contribution in [2.75, 3.05) is 0 Å². The Balaban J connectivity index is 1.58. The van der Waals surface area contributed by atoms with Crippen LogP contribution in [0.3, 0.4) is 0 Å². The van der Waals surface area contributed by atoms with Gasteiger partial charge in [-0.25, -0.2) is 4.79 Å². The smallest absolute Gasteiger partial charge is 0.426 e. The minimum atomic E-state index is -6.61. The molecule has 0 aliphatic heterocycles. The Bertz CT molecular complexity index is 1050. The molecule has 0 aromatic carbocycles. The lowest BCUT2D eigenvalue weighted by molar-refractivity contribution is -0.347. The van der Waals surface area contributed by atoms with Crippen LogP contribution >= 0.6 is 0 Å². The Hall–Kier alpha value is -2.13. The van der Waals surface area contributed by atoms with Crippen molar-refractivity contribution in [1.82, 2.24) is 0 Å². The second-order valence-corrected chi connectivity index (χ2v) is 10.6. The highest BCUT2D eigenvalue weighted by Gasteiger charge is 2.77. The van der Waals surface area contributed by atoms with Crippen molar-refractivity contribution in [1.29, 1.82) is 0 Å². The lowest BCUT2D eigenvalue weighted by atomic mass is 9.53. The Labute approximate surface area is 198 Å². The van der Waals surface area contributed by atoms with Gasteiger partial charge in [0.2, 0.25) is 0 Å². The van der Waals surface area contributed by atoms with Gasteiger partial charge in [-0.05, 0) is 81.3 Å². The number of ether oxygens (including phenoxy) is 1. The molecule has 0 saturated carbocycles.